The van der Waals surface area contributed by atoms with Gasteiger partial charge in [0.1, 0.15) is 10.8 Å². The summed E-state index contributed by atoms with van der Waals surface area (Å²) < 4.78 is 7.17. The van der Waals surface area contributed by atoms with Gasteiger partial charge in [0.2, 0.25) is 0 Å². The van der Waals surface area contributed by atoms with Crippen molar-refractivity contribution in [2.75, 3.05) is 0 Å². The molecule has 1 aromatic carbocycles. The second-order valence-corrected chi connectivity index (χ2v) is 9.12. The molecule has 8 heteroatoms. The zero-order chi connectivity index (χ0) is 24.0. The van der Waals surface area contributed by atoms with Crippen LogP contribution in [0.4, 0.5) is 4.79 Å². The number of aryl methyl sites for hydroxylation is 1. The molecule has 0 aliphatic carbocycles. The Balaban J connectivity index is 1.82. The Labute approximate surface area is 199 Å². The first kappa shape index (κ1) is 24.5. The topological polar surface area (TPSA) is 86.1 Å². The Morgan fingerprint density at radius 3 is 2.52 bits per heavy atom. The highest BCUT2D eigenvalue weighted by atomic mass is 35.5. The number of rotatable bonds is 8. The zero-order valence-electron chi connectivity index (χ0n) is 19.3. The number of aromatic nitrogens is 3. The molecule has 0 aliphatic heterocycles. The lowest BCUT2D eigenvalue weighted by Gasteiger charge is -2.23. The fourth-order valence-corrected chi connectivity index (χ4v) is 3.59. The summed E-state index contributed by atoms with van der Waals surface area (Å²) in [7, 11) is 0. The fourth-order valence-electron chi connectivity index (χ4n) is 3.42. The van der Waals surface area contributed by atoms with Crippen LogP contribution in [0.1, 0.15) is 39.0 Å². The Hall–Kier alpha value is -3.19. The Bertz CT molecular complexity index is 1110. The van der Waals surface area contributed by atoms with Crippen LogP contribution in [0.15, 0.2) is 54.7 Å². The first-order valence-electron chi connectivity index (χ1n) is 10.9. The van der Waals surface area contributed by atoms with Crippen molar-refractivity contribution < 1.29 is 14.3 Å². The van der Waals surface area contributed by atoms with Crippen molar-refractivity contribution in [1.82, 2.24) is 20.1 Å². The molecule has 2 heterocycles. The maximum Gasteiger partial charge on any atom is 0.408 e. The minimum Gasteiger partial charge on any atom is -0.444 e. The smallest absolute Gasteiger partial charge is 0.408 e. The number of benzene rings is 1. The maximum atomic E-state index is 13.3. The number of nitrogens with one attached hydrogen (secondary N) is 1. The molecule has 174 valence electrons. The molecule has 2 aromatic heterocycles. The second kappa shape index (κ2) is 10.6. The van der Waals surface area contributed by atoms with Gasteiger partial charge in [-0.25, -0.2) is 9.78 Å². The van der Waals surface area contributed by atoms with Crippen molar-refractivity contribution in [3.05, 3.63) is 71.1 Å². The molecule has 1 N–H and O–H groups in total. The Morgan fingerprint density at radius 2 is 1.88 bits per heavy atom. The summed E-state index contributed by atoms with van der Waals surface area (Å²) in [5.74, 6) is -0.126. The molecule has 3 rings (SSSR count). The summed E-state index contributed by atoms with van der Waals surface area (Å²) in [5, 5.41) is 7.75. The number of Topliss-reactive ketones (excluding diaryl/α,β-unsaturated/α-hetero) is 1. The number of carbonyl (C=O) groups excluding carboxylic acids is 2. The lowest BCUT2D eigenvalue weighted by Crippen LogP contribution is -2.45. The predicted octanol–water partition coefficient (Wildman–Crippen LogP) is 4.87. The van der Waals surface area contributed by atoms with Gasteiger partial charge in [0.15, 0.2) is 5.78 Å². The number of ether oxygens (including phenoxy) is 1. The summed E-state index contributed by atoms with van der Waals surface area (Å²) in [6, 6.07) is 14.3. The SMILES string of the molecule is CCn1nc(-c2ccnc(Cl)c2)cc1CC(=O)[C@H](Cc1ccccc1)NC(=O)OC(C)(C)C. The van der Waals surface area contributed by atoms with Crippen LogP contribution in [0.2, 0.25) is 5.15 Å². The van der Waals surface area contributed by atoms with Gasteiger partial charge in [-0.1, -0.05) is 41.9 Å². The number of hydrogen-bond acceptors (Lipinski definition) is 5. The average molecular weight is 469 g/mol. The van der Waals surface area contributed by atoms with Crippen molar-refractivity contribution in [3.63, 3.8) is 0 Å². The van der Waals surface area contributed by atoms with Crippen molar-refractivity contribution in [3.8, 4) is 11.3 Å². The molecule has 7 nitrogen and oxygen atoms in total. The lowest BCUT2D eigenvalue weighted by atomic mass is 9.99. The Morgan fingerprint density at radius 1 is 1.15 bits per heavy atom. The van der Waals surface area contributed by atoms with E-state index in [-0.39, 0.29) is 12.2 Å². The van der Waals surface area contributed by atoms with Crippen LogP contribution in [0.5, 0.6) is 0 Å². The number of carbonyl (C=O) groups is 2. The molecule has 0 fully saturated rings. The average Bonchev–Trinajstić information content (AvgIpc) is 3.15. The molecular formula is C25H29ClN4O3. The highest BCUT2D eigenvalue weighted by Crippen LogP contribution is 2.22. The van der Waals surface area contributed by atoms with E-state index in [1.165, 1.54) is 0 Å². The number of alkyl carbamates (subject to hydrolysis) is 1. The summed E-state index contributed by atoms with van der Waals surface area (Å²) in [4.78, 5) is 29.8. The van der Waals surface area contributed by atoms with Crippen LogP contribution >= 0.6 is 11.6 Å². The molecule has 3 aromatic rings. The van der Waals surface area contributed by atoms with Crippen LogP contribution in [-0.4, -0.2) is 38.3 Å². The maximum absolute atomic E-state index is 13.3. The van der Waals surface area contributed by atoms with Gasteiger partial charge in [0.05, 0.1) is 18.2 Å². The number of halogens is 1. The van der Waals surface area contributed by atoms with Crippen LogP contribution in [0, 0.1) is 0 Å². The van der Waals surface area contributed by atoms with Crippen molar-refractivity contribution in [2.45, 2.75) is 58.7 Å². The van der Waals surface area contributed by atoms with Crippen LogP contribution in [-0.2, 0) is 28.9 Å². The molecule has 0 radical (unpaired) electrons. The molecule has 0 saturated carbocycles. The molecule has 1 amide bonds. The molecular weight excluding hydrogens is 440 g/mol. The third kappa shape index (κ3) is 7.15. The van der Waals surface area contributed by atoms with E-state index < -0.39 is 17.7 Å². The summed E-state index contributed by atoms with van der Waals surface area (Å²) in [5.41, 5.74) is 2.58. The van der Waals surface area contributed by atoms with E-state index in [1.54, 1.807) is 37.7 Å². The largest absolute Gasteiger partial charge is 0.444 e. The predicted molar refractivity (Wildman–Crippen MR) is 128 cm³/mol. The van der Waals surface area contributed by atoms with Crippen molar-refractivity contribution in [1.29, 1.82) is 0 Å². The van der Waals surface area contributed by atoms with Gasteiger partial charge in [-0.2, -0.15) is 5.10 Å². The molecule has 0 aliphatic rings. The van der Waals surface area contributed by atoms with Gasteiger partial charge < -0.3 is 10.1 Å². The van der Waals surface area contributed by atoms with Gasteiger partial charge in [0, 0.05) is 24.0 Å². The van der Waals surface area contributed by atoms with E-state index in [0.717, 1.165) is 16.8 Å². The molecule has 0 bridgehead atoms. The van der Waals surface area contributed by atoms with Crippen LogP contribution in [0.3, 0.4) is 0 Å². The van der Waals surface area contributed by atoms with E-state index in [2.05, 4.69) is 15.4 Å². The molecule has 1 atom stereocenters. The standard InChI is InChI=1S/C25H29ClN4O3/c1-5-30-19(15-20(29-30)18-11-12-27-23(26)14-18)16-22(31)21(13-17-9-7-6-8-10-17)28-24(32)33-25(2,3)4/h6-12,14-15,21H,5,13,16H2,1-4H3,(H,28,32)/t21-/m0/s1. The quantitative estimate of drug-likeness (QED) is 0.477. The Kier molecular flexibility index (Phi) is 7.87. The number of hydrogen-bond donors (Lipinski definition) is 1. The fraction of sp³-hybridized carbons (Fsp3) is 0.360. The van der Waals surface area contributed by atoms with E-state index in [4.69, 9.17) is 16.3 Å². The third-order valence-corrected chi connectivity index (χ3v) is 5.11. The zero-order valence-corrected chi connectivity index (χ0v) is 20.1. The van der Waals surface area contributed by atoms with E-state index in [1.807, 2.05) is 49.4 Å². The minimum absolute atomic E-state index is 0.118. The summed E-state index contributed by atoms with van der Waals surface area (Å²) in [6.07, 6.45) is 1.49. The first-order chi connectivity index (χ1) is 15.6. The van der Waals surface area contributed by atoms with E-state index >= 15 is 0 Å². The normalized spacial score (nSPS) is 12.3. The lowest BCUT2D eigenvalue weighted by molar-refractivity contribution is -0.120. The summed E-state index contributed by atoms with van der Waals surface area (Å²) >= 11 is 6.02. The highest BCUT2D eigenvalue weighted by Gasteiger charge is 2.26. The molecule has 33 heavy (non-hydrogen) atoms. The highest BCUT2D eigenvalue weighted by molar-refractivity contribution is 6.29. The van der Waals surface area contributed by atoms with Crippen molar-refractivity contribution in [2.24, 2.45) is 0 Å². The number of ketones is 1. The van der Waals surface area contributed by atoms with Gasteiger partial charge in [-0.3, -0.25) is 9.48 Å². The van der Waals surface area contributed by atoms with Gasteiger partial charge >= 0.3 is 6.09 Å². The second-order valence-electron chi connectivity index (χ2n) is 8.74. The third-order valence-electron chi connectivity index (χ3n) is 4.90. The van der Waals surface area contributed by atoms with Crippen molar-refractivity contribution >= 4 is 23.5 Å². The number of pyridine rings is 1. The summed E-state index contributed by atoms with van der Waals surface area (Å²) in [6.45, 7) is 7.92. The molecule has 0 unspecified atom stereocenters. The van der Waals surface area contributed by atoms with E-state index in [9.17, 15) is 9.59 Å². The molecule has 0 saturated heterocycles. The van der Waals surface area contributed by atoms with Gasteiger partial charge in [0.25, 0.3) is 0 Å². The minimum atomic E-state index is -0.735. The van der Waals surface area contributed by atoms with Gasteiger partial charge in [-0.15, -0.1) is 0 Å². The number of nitrogens with zero attached hydrogens (tertiary/aromatic N) is 3. The van der Waals surface area contributed by atoms with Crippen LogP contribution in [0.25, 0.3) is 11.3 Å². The molecule has 0 spiro atoms. The van der Waals surface area contributed by atoms with Crippen LogP contribution < -0.4 is 5.32 Å². The van der Waals surface area contributed by atoms with Gasteiger partial charge in [-0.05, 0) is 57.9 Å². The first-order valence-corrected chi connectivity index (χ1v) is 11.3. The number of amides is 1. The van der Waals surface area contributed by atoms with E-state index in [0.29, 0.717) is 23.8 Å². The monoisotopic (exact) mass is 468 g/mol.